The van der Waals surface area contributed by atoms with Crippen LogP contribution in [0, 0.1) is 0 Å². The molecule has 3 unspecified atom stereocenters. The number of phosphoric acid groups is 1. The summed E-state index contributed by atoms with van der Waals surface area (Å²) in [5.74, 6) is -1.50. The monoisotopic (exact) mass is 1060 g/mol. The topological polar surface area (TPSA) is 155 Å². The summed E-state index contributed by atoms with van der Waals surface area (Å²) in [6.07, 6.45) is 62.9. The molecule has 0 saturated carbocycles. The summed E-state index contributed by atoms with van der Waals surface area (Å²) in [5, 5.41) is 9.81. The lowest BCUT2D eigenvalue weighted by Crippen LogP contribution is -2.30. The summed E-state index contributed by atoms with van der Waals surface area (Å²) in [6, 6.07) is 0. The van der Waals surface area contributed by atoms with Crippen molar-refractivity contribution in [2.45, 2.75) is 277 Å². The molecule has 12 heteroatoms. The van der Waals surface area contributed by atoms with Crippen molar-refractivity contribution in [3.05, 3.63) is 72.9 Å². The molecule has 0 saturated heterocycles. The van der Waals surface area contributed by atoms with Gasteiger partial charge in [-0.25, -0.2) is 4.57 Å². The lowest BCUT2D eigenvalue weighted by atomic mass is 10.1. The van der Waals surface area contributed by atoms with E-state index in [9.17, 15) is 28.9 Å². The number of allylic oxidation sites excluding steroid dienone is 12. The fourth-order valence-corrected chi connectivity index (χ4v) is 8.83. The van der Waals surface area contributed by atoms with E-state index in [1.165, 1.54) is 89.9 Å². The molecule has 0 heterocycles. The predicted molar refractivity (Wildman–Crippen MR) is 307 cm³/mol. The normalized spacial score (nSPS) is 13.9. The molecule has 0 aromatic rings. The van der Waals surface area contributed by atoms with Crippen LogP contribution in [0.3, 0.4) is 0 Å². The highest BCUT2D eigenvalue weighted by molar-refractivity contribution is 7.47. The lowest BCUT2D eigenvalue weighted by Gasteiger charge is -2.21. The maximum absolute atomic E-state index is 12.9. The third-order valence-electron chi connectivity index (χ3n) is 12.6. The van der Waals surface area contributed by atoms with Gasteiger partial charge in [-0.05, 0) is 103 Å². The van der Waals surface area contributed by atoms with Gasteiger partial charge in [-0.1, -0.05) is 216 Å². The van der Waals surface area contributed by atoms with Crippen molar-refractivity contribution < 1.29 is 52.2 Å². The van der Waals surface area contributed by atoms with Gasteiger partial charge >= 0.3 is 25.7 Å². The van der Waals surface area contributed by atoms with Crippen LogP contribution in [0.5, 0.6) is 0 Å². The van der Waals surface area contributed by atoms with Gasteiger partial charge in [0.15, 0.2) is 6.10 Å². The number of carbonyl (C=O) groups excluding carboxylic acids is 3. The lowest BCUT2D eigenvalue weighted by molar-refractivity contribution is -0.161. The summed E-state index contributed by atoms with van der Waals surface area (Å²) < 4.78 is 39.5. The van der Waals surface area contributed by atoms with Crippen LogP contribution < -0.4 is 0 Å². The van der Waals surface area contributed by atoms with E-state index in [0.717, 1.165) is 116 Å². The molecule has 0 aliphatic rings. The van der Waals surface area contributed by atoms with Gasteiger partial charge in [0.1, 0.15) is 12.7 Å². The first-order valence-corrected chi connectivity index (χ1v) is 31.3. The Morgan fingerprint density at radius 1 is 0.392 bits per heavy atom. The molecule has 0 fully saturated rings. The number of esters is 3. The maximum Gasteiger partial charge on any atom is 0.472 e. The van der Waals surface area contributed by atoms with Crippen LogP contribution in [0.4, 0.5) is 0 Å². The van der Waals surface area contributed by atoms with Crippen molar-refractivity contribution in [2.75, 3.05) is 26.4 Å². The standard InChI is InChI=1S/C62H109O11P/c1-4-7-10-13-16-19-22-25-27-28-29-30-32-35-38-41-44-47-50-53-62(66)73-59(55-69-60(64)51-48-45-42-39-36-34-31-26-23-20-17-14-11-8-5-2)57-71-74(67,68)70-56-58(54-63)72-61(65)52-49-46-43-40-37-33-24-21-18-15-12-9-6-3/h8,11-12,15,17,20-21,24-27,31,58-59,63H,4-7,9-10,13-14,16,18-19,22-23,28-30,32-57H2,1-3H3,(H,67,68)/b11-8-,15-12-,20-17-,24-21-,27-25-,31-26-. The Labute approximate surface area is 452 Å². The summed E-state index contributed by atoms with van der Waals surface area (Å²) in [4.78, 5) is 48.6. The van der Waals surface area contributed by atoms with Crippen molar-refractivity contribution in [3.8, 4) is 0 Å². The smallest absolute Gasteiger partial charge is 0.462 e. The Morgan fingerprint density at radius 3 is 1.15 bits per heavy atom. The van der Waals surface area contributed by atoms with Crippen molar-refractivity contribution in [3.63, 3.8) is 0 Å². The Balaban J connectivity index is 4.74. The van der Waals surface area contributed by atoms with Crippen LogP contribution in [0.1, 0.15) is 265 Å². The second-order valence-electron chi connectivity index (χ2n) is 19.8. The van der Waals surface area contributed by atoms with E-state index in [0.29, 0.717) is 19.3 Å². The van der Waals surface area contributed by atoms with Crippen molar-refractivity contribution in [1.29, 1.82) is 0 Å². The highest BCUT2D eigenvalue weighted by Crippen LogP contribution is 2.43. The minimum atomic E-state index is -4.76. The molecule has 0 spiro atoms. The van der Waals surface area contributed by atoms with Gasteiger partial charge < -0.3 is 24.2 Å². The number of aliphatic hydroxyl groups is 1. The average Bonchev–Trinajstić information content (AvgIpc) is 3.39. The van der Waals surface area contributed by atoms with E-state index >= 15 is 0 Å². The zero-order chi connectivity index (χ0) is 54.1. The average molecular weight is 1060 g/mol. The molecule has 0 aromatic carbocycles. The third kappa shape index (κ3) is 53.7. The van der Waals surface area contributed by atoms with Gasteiger partial charge in [-0.3, -0.25) is 23.4 Å². The minimum absolute atomic E-state index is 0.158. The number of rotatable bonds is 55. The summed E-state index contributed by atoms with van der Waals surface area (Å²) in [5.41, 5.74) is 0. The second-order valence-corrected chi connectivity index (χ2v) is 21.2. The molecule has 74 heavy (non-hydrogen) atoms. The molecular formula is C62H109O11P. The molecule has 2 N–H and O–H groups in total. The first-order valence-electron chi connectivity index (χ1n) is 29.8. The van der Waals surface area contributed by atoms with Crippen molar-refractivity contribution in [2.24, 2.45) is 0 Å². The van der Waals surface area contributed by atoms with E-state index in [2.05, 4.69) is 93.7 Å². The van der Waals surface area contributed by atoms with Crippen LogP contribution in [0.15, 0.2) is 72.9 Å². The van der Waals surface area contributed by atoms with E-state index < -0.39 is 57.8 Å². The van der Waals surface area contributed by atoms with E-state index in [1.807, 2.05) is 0 Å². The number of hydrogen-bond acceptors (Lipinski definition) is 10. The zero-order valence-electron chi connectivity index (χ0n) is 47.3. The molecule has 3 atom stereocenters. The van der Waals surface area contributed by atoms with Gasteiger partial charge in [-0.2, -0.15) is 0 Å². The summed E-state index contributed by atoms with van der Waals surface area (Å²) in [6.45, 7) is 4.45. The van der Waals surface area contributed by atoms with Gasteiger partial charge in [0.2, 0.25) is 0 Å². The van der Waals surface area contributed by atoms with Crippen molar-refractivity contribution in [1.82, 2.24) is 0 Å². The number of aliphatic hydroxyl groups excluding tert-OH is 1. The Morgan fingerprint density at radius 2 is 0.730 bits per heavy atom. The van der Waals surface area contributed by atoms with Crippen LogP contribution in [-0.4, -0.2) is 66.5 Å². The number of unbranched alkanes of at least 4 members (excludes halogenated alkanes) is 26. The number of phosphoric ester groups is 1. The first-order chi connectivity index (χ1) is 36.2. The third-order valence-corrected chi connectivity index (χ3v) is 13.5. The molecular weight excluding hydrogens is 952 g/mol. The number of ether oxygens (including phenoxy) is 3. The Bertz CT molecular complexity index is 1520. The SMILES string of the molecule is CC/C=C\C/C=C\C/C=C\CCCCCCCC(=O)OCC(COP(=O)(O)OCC(CO)OC(=O)CCCCCCC/C=C\C/C=C\CCC)OC(=O)CCCCCCCCCCC/C=C\CCCCCCCC. The highest BCUT2D eigenvalue weighted by Gasteiger charge is 2.28. The predicted octanol–water partition coefficient (Wildman–Crippen LogP) is 17.7. The van der Waals surface area contributed by atoms with Crippen LogP contribution in [-0.2, 0) is 42.2 Å². The van der Waals surface area contributed by atoms with E-state index in [-0.39, 0.29) is 25.9 Å². The van der Waals surface area contributed by atoms with Crippen LogP contribution in [0.2, 0.25) is 0 Å². The molecule has 0 aromatic heterocycles. The molecule has 11 nitrogen and oxygen atoms in total. The van der Waals surface area contributed by atoms with E-state index in [4.69, 9.17) is 23.3 Å². The Hall–Kier alpha value is -3.08. The van der Waals surface area contributed by atoms with Crippen LogP contribution >= 0.6 is 7.82 Å². The summed E-state index contributed by atoms with van der Waals surface area (Å²) >= 11 is 0. The van der Waals surface area contributed by atoms with Crippen LogP contribution in [0.25, 0.3) is 0 Å². The molecule has 428 valence electrons. The molecule has 0 aliphatic carbocycles. The van der Waals surface area contributed by atoms with Gasteiger partial charge in [0.05, 0.1) is 19.8 Å². The largest absolute Gasteiger partial charge is 0.472 e. The molecule has 0 bridgehead atoms. The van der Waals surface area contributed by atoms with Gasteiger partial charge in [-0.15, -0.1) is 0 Å². The van der Waals surface area contributed by atoms with Gasteiger partial charge in [0.25, 0.3) is 0 Å². The maximum atomic E-state index is 12.9. The minimum Gasteiger partial charge on any atom is -0.462 e. The van der Waals surface area contributed by atoms with E-state index in [1.54, 1.807) is 0 Å². The summed E-state index contributed by atoms with van der Waals surface area (Å²) in [7, 11) is -4.76. The molecule has 0 amide bonds. The fourth-order valence-electron chi connectivity index (χ4n) is 8.05. The molecule has 0 rings (SSSR count). The fraction of sp³-hybridized carbons (Fsp3) is 0.758. The quantitative estimate of drug-likeness (QED) is 0.0197. The number of carbonyl (C=O) groups is 3. The van der Waals surface area contributed by atoms with Gasteiger partial charge in [0, 0.05) is 19.3 Å². The second kappa shape index (κ2) is 56.1. The highest BCUT2D eigenvalue weighted by atomic mass is 31.2. The molecule has 0 radical (unpaired) electrons. The first kappa shape index (κ1) is 70.9. The Kier molecular flexibility index (Phi) is 53.8. The van der Waals surface area contributed by atoms with Crippen molar-refractivity contribution >= 4 is 25.7 Å². The number of hydrogen-bond donors (Lipinski definition) is 2. The zero-order valence-corrected chi connectivity index (χ0v) is 48.2. The molecule has 0 aliphatic heterocycles.